The van der Waals surface area contributed by atoms with Crippen molar-refractivity contribution in [3.05, 3.63) is 27.2 Å². The molecule has 7 nitrogen and oxygen atoms in total. The molecule has 2 rings (SSSR count). The summed E-state index contributed by atoms with van der Waals surface area (Å²) < 4.78 is 6.19. The van der Waals surface area contributed by atoms with Crippen molar-refractivity contribution in [3.8, 4) is 0 Å². The number of guanidine groups is 1. The fourth-order valence-electron chi connectivity index (χ4n) is 2.27. The van der Waals surface area contributed by atoms with Crippen LogP contribution in [-0.2, 0) is 4.74 Å². The zero-order chi connectivity index (χ0) is 20.4. The number of carbonyl (C=O) groups is 1. The molecule has 1 atom stereocenters. The molecular formula is C18H28IN5O2S3. The number of aliphatic imine (C=N–C) groups is 1. The van der Waals surface area contributed by atoms with Gasteiger partial charge >= 0.3 is 5.97 Å². The molecule has 29 heavy (non-hydrogen) atoms. The minimum absolute atomic E-state index is 0. The van der Waals surface area contributed by atoms with Gasteiger partial charge in [-0.15, -0.1) is 46.7 Å². The number of carbonyl (C=O) groups excluding carboxylic acids is 1. The Morgan fingerprint density at radius 3 is 2.86 bits per heavy atom. The van der Waals surface area contributed by atoms with Crippen LogP contribution in [0.4, 0.5) is 0 Å². The van der Waals surface area contributed by atoms with Crippen LogP contribution >= 0.6 is 58.4 Å². The number of rotatable bonds is 10. The van der Waals surface area contributed by atoms with Crippen molar-refractivity contribution in [3.63, 3.8) is 0 Å². The van der Waals surface area contributed by atoms with Gasteiger partial charge in [-0.05, 0) is 34.1 Å². The molecule has 2 aromatic rings. The standard InChI is InChI=1S/C18H27N5O2S3.HI/c1-5-19-17(20-8-7-10-26-18-21-9-11-27-18)23-13(4)15-22-12(3)14(28-15)16(24)25-6-2;/h9,11,13H,5-8,10H2,1-4H3,(H2,19,20,23);1H. The number of hydrogen-bond acceptors (Lipinski definition) is 8. The molecule has 0 saturated heterocycles. The molecule has 0 aromatic carbocycles. The van der Waals surface area contributed by atoms with Crippen molar-refractivity contribution in [2.45, 2.75) is 44.5 Å². The fraction of sp³-hybridized carbons (Fsp3) is 0.556. The zero-order valence-corrected chi connectivity index (χ0v) is 21.8. The average Bonchev–Trinajstić information content (AvgIpc) is 3.31. The highest BCUT2D eigenvalue weighted by atomic mass is 127. The third-order valence-corrected chi connectivity index (χ3v) is 6.92. The van der Waals surface area contributed by atoms with Crippen LogP contribution < -0.4 is 10.6 Å². The van der Waals surface area contributed by atoms with Crippen LogP contribution in [0.15, 0.2) is 20.9 Å². The van der Waals surface area contributed by atoms with Gasteiger partial charge in [0.05, 0.1) is 18.3 Å². The Balaban J connectivity index is 0.00000420. The lowest BCUT2D eigenvalue weighted by atomic mass is 10.3. The van der Waals surface area contributed by atoms with Gasteiger partial charge in [0.25, 0.3) is 0 Å². The molecule has 0 saturated carbocycles. The highest BCUT2D eigenvalue weighted by molar-refractivity contribution is 14.0. The van der Waals surface area contributed by atoms with E-state index in [4.69, 9.17) is 4.74 Å². The van der Waals surface area contributed by atoms with Crippen molar-refractivity contribution in [2.24, 2.45) is 4.99 Å². The van der Waals surface area contributed by atoms with E-state index >= 15 is 0 Å². The molecule has 0 fully saturated rings. The molecule has 0 aliphatic carbocycles. The van der Waals surface area contributed by atoms with Crippen molar-refractivity contribution in [2.75, 3.05) is 25.4 Å². The van der Waals surface area contributed by atoms with Crippen LogP contribution in [0, 0.1) is 6.92 Å². The maximum Gasteiger partial charge on any atom is 0.350 e. The smallest absolute Gasteiger partial charge is 0.350 e. The summed E-state index contributed by atoms with van der Waals surface area (Å²) >= 11 is 4.79. The van der Waals surface area contributed by atoms with Gasteiger partial charge in [0, 0.05) is 30.4 Å². The molecule has 0 amide bonds. The van der Waals surface area contributed by atoms with Gasteiger partial charge in [-0.2, -0.15) is 0 Å². The van der Waals surface area contributed by atoms with E-state index in [-0.39, 0.29) is 36.0 Å². The third kappa shape index (κ3) is 8.77. The molecule has 1 unspecified atom stereocenters. The molecule has 2 aromatic heterocycles. The highest BCUT2D eigenvalue weighted by Gasteiger charge is 2.20. The summed E-state index contributed by atoms with van der Waals surface area (Å²) in [5, 5.41) is 9.45. The van der Waals surface area contributed by atoms with Gasteiger partial charge in [-0.1, -0.05) is 11.8 Å². The molecule has 2 N–H and O–H groups in total. The number of ether oxygens (including phenoxy) is 1. The lowest BCUT2D eigenvalue weighted by molar-refractivity contribution is 0.0531. The van der Waals surface area contributed by atoms with Crippen LogP contribution in [0.2, 0.25) is 0 Å². The molecule has 11 heteroatoms. The van der Waals surface area contributed by atoms with Crippen molar-refractivity contribution in [1.29, 1.82) is 0 Å². The SMILES string of the molecule is CCNC(=NCCCSc1nccs1)NC(C)c1nc(C)c(C(=O)OCC)s1.I. The fourth-order valence-corrected chi connectivity index (χ4v) is 4.87. The van der Waals surface area contributed by atoms with E-state index in [1.54, 1.807) is 30.0 Å². The molecule has 0 bridgehead atoms. The van der Waals surface area contributed by atoms with E-state index < -0.39 is 0 Å². The van der Waals surface area contributed by atoms with E-state index in [9.17, 15) is 4.79 Å². The van der Waals surface area contributed by atoms with E-state index in [0.29, 0.717) is 17.2 Å². The van der Waals surface area contributed by atoms with E-state index in [0.717, 1.165) is 40.6 Å². The maximum atomic E-state index is 12.0. The average molecular weight is 570 g/mol. The molecule has 2 heterocycles. The summed E-state index contributed by atoms with van der Waals surface area (Å²) in [7, 11) is 0. The summed E-state index contributed by atoms with van der Waals surface area (Å²) in [6.45, 7) is 9.54. The zero-order valence-electron chi connectivity index (χ0n) is 17.1. The summed E-state index contributed by atoms with van der Waals surface area (Å²) in [6, 6.07) is -0.0608. The predicted octanol–water partition coefficient (Wildman–Crippen LogP) is 4.50. The lowest BCUT2D eigenvalue weighted by Gasteiger charge is -2.16. The second-order valence-corrected chi connectivity index (χ2v) is 9.08. The maximum absolute atomic E-state index is 12.0. The topological polar surface area (TPSA) is 88.5 Å². The monoisotopic (exact) mass is 569 g/mol. The van der Waals surface area contributed by atoms with Gasteiger partial charge in [0.2, 0.25) is 0 Å². The summed E-state index contributed by atoms with van der Waals surface area (Å²) in [4.78, 5) is 26.0. The third-order valence-electron chi connectivity index (χ3n) is 3.55. The van der Waals surface area contributed by atoms with E-state index in [1.807, 2.05) is 32.3 Å². The lowest BCUT2D eigenvalue weighted by Crippen LogP contribution is -2.38. The van der Waals surface area contributed by atoms with E-state index in [1.165, 1.54) is 11.3 Å². The molecular weight excluding hydrogens is 541 g/mol. The first-order chi connectivity index (χ1) is 13.5. The summed E-state index contributed by atoms with van der Waals surface area (Å²) in [5.74, 6) is 1.43. The molecule has 0 radical (unpaired) electrons. The second-order valence-electron chi connectivity index (χ2n) is 5.81. The van der Waals surface area contributed by atoms with Crippen molar-refractivity contribution in [1.82, 2.24) is 20.6 Å². The van der Waals surface area contributed by atoms with Crippen LogP contribution in [0.1, 0.15) is 53.6 Å². The number of halogens is 1. The first-order valence-corrected chi connectivity index (χ1v) is 11.9. The van der Waals surface area contributed by atoms with Gasteiger partial charge in [-0.25, -0.2) is 14.8 Å². The van der Waals surface area contributed by atoms with E-state index in [2.05, 4.69) is 25.6 Å². The Bertz CT molecular complexity index is 768. The minimum atomic E-state index is -0.311. The predicted molar refractivity (Wildman–Crippen MR) is 133 cm³/mol. The number of esters is 1. The molecule has 0 aliphatic rings. The quantitative estimate of drug-likeness (QED) is 0.109. The number of nitrogens with one attached hydrogen (secondary N) is 2. The number of thioether (sulfide) groups is 1. The van der Waals surface area contributed by atoms with Gasteiger partial charge in [0.1, 0.15) is 14.2 Å². The number of hydrogen-bond donors (Lipinski definition) is 2. The minimum Gasteiger partial charge on any atom is -0.462 e. The molecule has 0 aliphatic heterocycles. The largest absolute Gasteiger partial charge is 0.462 e. The number of aryl methyl sites for hydroxylation is 1. The van der Waals surface area contributed by atoms with Crippen LogP contribution in [0.3, 0.4) is 0 Å². The van der Waals surface area contributed by atoms with Crippen molar-refractivity contribution < 1.29 is 9.53 Å². The Morgan fingerprint density at radius 2 is 2.21 bits per heavy atom. The molecule has 162 valence electrons. The normalized spacial score (nSPS) is 12.2. The molecule has 0 spiro atoms. The van der Waals surface area contributed by atoms with Crippen LogP contribution in [0.5, 0.6) is 0 Å². The number of thiazole rings is 2. The van der Waals surface area contributed by atoms with Crippen LogP contribution in [0.25, 0.3) is 0 Å². The number of aromatic nitrogens is 2. The Labute approximate surface area is 201 Å². The Morgan fingerprint density at radius 1 is 1.41 bits per heavy atom. The highest BCUT2D eigenvalue weighted by Crippen LogP contribution is 2.24. The Kier molecular flexibility index (Phi) is 12.7. The first-order valence-electron chi connectivity index (χ1n) is 9.26. The van der Waals surface area contributed by atoms with Gasteiger partial charge in [-0.3, -0.25) is 4.99 Å². The second kappa shape index (κ2) is 14.1. The summed E-state index contributed by atoms with van der Waals surface area (Å²) in [6.07, 6.45) is 2.80. The summed E-state index contributed by atoms with van der Waals surface area (Å²) in [5.41, 5.74) is 0.702. The van der Waals surface area contributed by atoms with Crippen molar-refractivity contribution >= 4 is 70.3 Å². The van der Waals surface area contributed by atoms with Crippen LogP contribution in [-0.4, -0.2) is 47.3 Å². The Hall–Kier alpha value is -0.920. The first kappa shape index (κ1) is 26.1. The number of nitrogens with zero attached hydrogens (tertiary/aromatic N) is 3. The van der Waals surface area contributed by atoms with Gasteiger partial charge in [0.15, 0.2) is 5.96 Å². The van der Waals surface area contributed by atoms with Gasteiger partial charge < -0.3 is 15.4 Å².